The molecule has 28 heavy (non-hydrogen) atoms. The van der Waals surface area contributed by atoms with E-state index in [0.717, 1.165) is 0 Å². The molecule has 144 valence electrons. The molecule has 2 aromatic carbocycles. The van der Waals surface area contributed by atoms with E-state index in [1.807, 2.05) is 0 Å². The van der Waals surface area contributed by atoms with Crippen LogP contribution in [-0.4, -0.2) is 39.3 Å². The molecule has 0 aliphatic carbocycles. The molecule has 0 bridgehead atoms. The van der Waals surface area contributed by atoms with Crippen molar-refractivity contribution in [3.63, 3.8) is 0 Å². The number of amides is 1. The summed E-state index contributed by atoms with van der Waals surface area (Å²) < 4.78 is 13.4. The first-order chi connectivity index (χ1) is 13.4. The highest BCUT2D eigenvalue weighted by atomic mass is 19.1. The van der Waals surface area contributed by atoms with Crippen LogP contribution in [0.3, 0.4) is 0 Å². The number of carboxylic acids is 1. The molecule has 0 saturated carbocycles. The van der Waals surface area contributed by atoms with E-state index in [1.165, 1.54) is 29.2 Å². The minimum Gasteiger partial charge on any atom is -0.507 e. The number of likely N-dealkylation sites (tertiary alicyclic amines) is 1. The lowest BCUT2D eigenvalue weighted by atomic mass is 9.95. The minimum absolute atomic E-state index is 0.0183. The van der Waals surface area contributed by atoms with E-state index < -0.39 is 29.5 Å². The predicted octanol–water partition coefficient (Wildman–Crippen LogP) is 3.11. The Kier molecular flexibility index (Phi) is 5.54. The van der Waals surface area contributed by atoms with Crippen LogP contribution < -0.4 is 0 Å². The number of rotatable bonds is 6. The van der Waals surface area contributed by atoms with Crippen molar-refractivity contribution in [2.24, 2.45) is 0 Å². The number of halogens is 1. The number of hydrogen-bond donors (Lipinski definition) is 2. The number of nitrogens with zero attached hydrogens (tertiary/aromatic N) is 1. The minimum atomic E-state index is -1.01. The number of aliphatic carboxylic acids is 1. The Morgan fingerprint density at radius 1 is 1.00 bits per heavy atom. The lowest BCUT2D eigenvalue weighted by Crippen LogP contribution is -2.31. The van der Waals surface area contributed by atoms with Crippen LogP contribution in [0.25, 0.3) is 5.76 Å². The normalized spacial score (nSPS) is 18.5. The lowest BCUT2D eigenvalue weighted by Gasteiger charge is -2.25. The summed E-state index contributed by atoms with van der Waals surface area (Å²) in [6.45, 7) is 0.0183. The Bertz CT molecular complexity index is 937. The van der Waals surface area contributed by atoms with Crippen molar-refractivity contribution in [3.05, 3.63) is 77.1 Å². The molecule has 1 amide bonds. The summed E-state index contributed by atoms with van der Waals surface area (Å²) in [7, 11) is 0. The van der Waals surface area contributed by atoms with E-state index in [0.29, 0.717) is 11.1 Å². The smallest absolute Gasteiger partial charge is 0.303 e. The molecule has 0 unspecified atom stereocenters. The number of Topliss-reactive ketones (excluding diaryl/α,β-unsaturated/α-hetero) is 1. The maximum atomic E-state index is 13.4. The van der Waals surface area contributed by atoms with Crippen LogP contribution in [0.2, 0.25) is 0 Å². The number of aliphatic hydroxyl groups is 1. The Hall–Kier alpha value is -3.48. The topological polar surface area (TPSA) is 94.9 Å². The number of ketones is 1. The third-order valence-electron chi connectivity index (χ3n) is 4.56. The third kappa shape index (κ3) is 3.78. The van der Waals surface area contributed by atoms with Crippen molar-refractivity contribution in [1.82, 2.24) is 4.90 Å². The Morgan fingerprint density at radius 2 is 1.64 bits per heavy atom. The second-order valence-electron chi connectivity index (χ2n) is 6.41. The molecule has 1 aliphatic rings. The van der Waals surface area contributed by atoms with Gasteiger partial charge >= 0.3 is 5.97 Å². The Labute approximate surface area is 160 Å². The van der Waals surface area contributed by atoms with Gasteiger partial charge < -0.3 is 15.1 Å². The molecule has 0 radical (unpaired) electrons. The maximum absolute atomic E-state index is 13.4. The van der Waals surface area contributed by atoms with Crippen LogP contribution in [0, 0.1) is 5.82 Å². The molecule has 1 atom stereocenters. The molecule has 1 fully saturated rings. The first-order valence-corrected chi connectivity index (χ1v) is 8.71. The average Bonchev–Trinajstić information content (AvgIpc) is 2.93. The molecule has 0 spiro atoms. The second-order valence-corrected chi connectivity index (χ2v) is 6.41. The zero-order valence-corrected chi connectivity index (χ0v) is 14.8. The summed E-state index contributed by atoms with van der Waals surface area (Å²) in [4.78, 5) is 37.3. The van der Waals surface area contributed by atoms with Gasteiger partial charge in [-0.15, -0.1) is 0 Å². The SMILES string of the molecule is O=C(O)CCCN1C(=O)C(=O)/C(=C(/O)c2ccccc2)[C@H]1c1ccc(F)cc1. The van der Waals surface area contributed by atoms with E-state index in [4.69, 9.17) is 5.11 Å². The second kappa shape index (κ2) is 8.04. The quantitative estimate of drug-likeness (QED) is 0.454. The largest absolute Gasteiger partial charge is 0.507 e. The van der Waals surface area contributed by atoms with E-state index in [-0.39, 0.29) is 30.7 Å². The van der Waals surface area contributed by atoms with Crippen LogP contribution in [-0.2, 0) is 14.4 Å². The maximum Gasteiger partial charge on any atom is 0.303 e. The molecule has 6 nitrogen and oxygen atoms in total. The van der Waals surface area contributed by atoms with Crippen molar-refractivity contribution in [2.45, 2.75) is 18.9 Å². The van der Waals surface area contributed by atoms with Gasteiger partial charge in [-0.25, -0.2) is 4.39 Å². The number of benzene rings is 2. The summed E-state index contributed by atoms with van der Waals surface area (Å²) >= 11 is 0. The summed E-state index contributed by atoms with van der Waals surface area (Å²) in [5.74, 6) is -3.49. The molecule has 1 aliphatic heterocycles. The van der Waals surface area contributed by atoms with E-state index in [1.54, 1.807) is 30.3 Å². The first kappa shape index (κ1) is 19.3. The van der Waals surface area contributed by atoms with Gasteiger partial charge in [0.05, 0.1) is 11.6 Å². The van der Waals surface area contributed by atoms with Gasteiger partial charge in [0.2, 0.25) is 0 Å². The van der Waals surface area contributed by atoms with Crippen LogP contribution in [0.1, 0.15) is 30.0 Å². The van der Waals surface area contributed by atoms with E-state index in [2.05, 4.69) is 0 Å². The van der Waals surface area contributed by atoms with Crippen LogP contribution in [0.5, 0.6) is 0 Å². The van der Waals surface area contributed by atoms with Crippen molar-refractivity contribution in [1.29, 1.82) is 0 Å². The first-order valence-electron chi connectivity index (χ1n) is 8.71. The molecule has 3 rings (SSSR count). The Balaban J connectivity index is 2.08. The van der Waals surface area contributed by atoms with Gasteiger partial charge in [-0.3, -0.25) is 14.4 Å². The number of hydrogen-bond acceptors (Lipinski definition) is 4. The van der Waals surface area contributed by atoms with Gasteiger partial charge in [-0.2, -0.15) is 0 Å². The summed E-state index contributed by atoms with van der Waals surface area (Å²) in [6, 6.07) is 12.7. The van der Waals surface area contributed by atoms with E-state index >= 15 is 0 Å². The summed E-state index contributed by atoms with van der Waals surface area (Å²) in [5.41, 5.74) is 0.727. The zero-order valence-electron chi connectivity index (χ0n) is 14.8. The molecule has 2 aromatic rings. The highest BCUT2D eigenvalue weighted by molar-refractivity contribution is 6.46. The molecule has 0 aromatic heterocycles. The molecule has 2 N–H and O–H groups in total. The van der Waals surface area contributed by atoms with Crippen molar-refractivity contribution >= 4 is 23.4 Å². The van der Waals surface area contributed by atoms with Crippen LogP contribution >= 0.6 is 0 Å². The van der Waals surface area contributed by atoms with Crippen molar-refractivity contribution < 1.29 is 29.0 Å². The average molecular weight is 383 g/mol. The fraction of sp³-hybridized carbons (Fsp3) is 0.190. The Morgan fingerprint density at radius 3 is 2.25 bits per heavy atom. The highest BCUT2D eigenvalue weighted by Gasteiger charge is 2.45. The zero-order chi connectivity index (χ0) is 20.3. The standard InChI is InChI=1S/C21H18FNO5/c22-15-10-8-13(9-11-15)18-17(19(26)14-5-2-1-3-6-14)20(27)21(28)23(18)12-4-7-16(24)25/h1-3,5-6,8-11,18,26H,4,7,12H2,(H,24,25)/b19-17+/t18-/m1/s1. The van der Waals surface area contributed by atoms with Gasteiger partial charge in [0.25, 0.3) is 11.7 Å². The summed E-state index contributed by atoms with van der Waals surface area (Å²) in [5, 5.41) is 19.6. The van der Waals surface area contributed by atoms with Gasteiger partial charge in [0, 0.05) is 18.5 Å². The number of carbonyl (C=O) groups is 3. The van der Waals surface area contributed by atoms with Gasteiger partial charge in [-0.1, -0.05) is 42.5 Å². The summed E-state index contributed by atoms with van der Waals surface area (Å²) in [6.07, 6.45) is -0.0246. The van der Waals surface area contributed by atoms with Gasteiger partial charge in [-0.05, 0) is 24.1 Å². The fourth-order valence-corrected chi connectivity index (χ4v) is 3.25. The molecule has 1 heterocycles. The molecule has 7 heteroatoms. The number of carboxylic acid groups (broad SMARTS) is 1. The number of carbonyl (C=O) groups excluding carboxylic acids is 2. The van der Waals surface area contributed by atoms with Crippen molar-refractivity contribution in [2.75, 3.05) is 6.54 Å². The third-order valence-corrected chi connectivity index (χ3v) is 4.56. The van der Waals surface area contributed by atoms with Crippen molar-refractivity contribution in [3.8, 4) is 0 Å². The number of aliphatic hydroxyl groups excluding tert-OH is 1. The lowest BCUT2D eigenvalue weighted by molar-refractivity contribution is -0.140. The van der Waals surface area contributed by atoms with E-state index in [9.17, 15) is 23.9 Å². The highest BCUT2D eigenvalue weighted by Crippen LogP contribution is 2.39. The molecule has 1 saturated heterocycles. The van der Waals surface area contributed by atoms with Crippen LogP contribution in [0.15, 0.2) is 60.2 Å². The van der Waals surface area contributed by atoms with Gasteiger partial charge in [0.15, 0.2) is 0 Å². The fourth-order valence-electron chi connectivity index (χ4n) is 3.25. The monoisotopic (exact) mass is 383 g/mol. The van der Waals surface area contributed by atoms with Gasteiger partial charge in [0.1, 0.15) is 11.6 Å². The van der Waals surface area contributed by atoms with Crippen LogP contribution in [0.4, 0.5) is 4.39 Å². The predicted molar refractivity (Wildman–Crippen MR) is 98.7 cm³/mol. The molecular weight excluding hydrogens is 365 g/mol. The molecular formula is C21H18FNO5.